The molecule has 0 aromatic heterocycles. The van der Waals surface area contributed by atoms with E-state index in [1.165, 1.54) is 0 Å². The Labute approximate surface area is 77.7 Å². The van der Waals surface area contributed by atoms with E-state index in [2.05, 4.69) is 10.6 Å². The lowest BCUT2D eigenvalue weighted by atomic mass is 10.2. The van der Waals surface area contributed by atoms with Gasteiger partial charge in [0.15, 0.2) is 0 Å². The SMILES string of the molecule is CC(CCO)NCC(=O)NCC#N. The molecule has 0 aliphatic heterocycles. The molecule has 0 aliphatic rings. The van der Waals surface area contributed by atoms with Gasteiger partial charge in [-0.1, -0.05) is 0 Å². The van der Waals surface area contributed by atoms with E-state index >= 15 is 0 Å². The summed E-state index contributed by atoms with van der Waals surface area (Å²) in [6, 6.07) is 1.92. The highest BCUT2D eigenvalue weighted by Crippen LogP contribution is 1.86. The van der Waals surface area contributed by atoms with Crippen molar-refractivity contribution < 1.29 is 9.90 Å². The number of rotatable bonds is 6. The van der Waals surface area contributed by atoms with Crippen LogP contribution in [-0.2, 0) is 4.79 Å². The molecule has 1 atom stereocenters. The molecule has 13 heavy (non-hydrogen) atoms. The minimum atomic E-state index is -0.202. The van der Waals surface area contributed by atoms with Crippen LogP contribution in [0.1, 0.15) is 13.3 Å². The predicted molar refractivity (Wildman–Crippen MR) is 47.8 cm³/mol. The zero-order chi connectivity index (χ0) is 10.1. The largest absolute Gasteiger partial charge is 0.396 e. The van der Waals surface area contributed by atoms with E-state index in [1.54, 1.807) is 0 Å². The number of carbonyl (C=O) groups excluding carboxylic acids is 1. The third kappa shape index (κ3) is 7.25. The zero-order valence-corrected chi connectivity index (χ0v) is 7.71. The van der Waals surface area contributed by atoms with E-state index < -0.39 is 0 Å². The van der Waals surface area contributed by atoms with Crippen LogP contribution in [0.2, 0.25) is 0 Å². The average molecular weight is 185 g/mol. The standard InChI is InChI=1S/C8H15N3O2/c1-7(2-5-12)11-6-8(13)10-4-3-9/h7,11-12H,2,4-6H2,1H3,(H,10,13). The lowest BCUT2D eigenvalue weighted by molar-refractivity contribution is -0.120. The van der Waals surface area contributed by atoms with Crippen molar-refractivity contribution in [2.75, 3.05) is 19.7 Å². The summed E-state index contributed by atoms with van der Waals surface area (Å²) in [6.45, 7) is 2.21. The van der Waals surface area contributed by atoms with Crippen molar-refractivity contribution in [2.24, 2.45) is 0 Å². The van der Waals surface area contributed by atoms with Gasteiger partial charge in [-0.25, -0.2) is 0 Å². The van der Waals surface area contributed by atoms with E-state index in [0.717, 1.165) is 0 Å². The van der Waals surface area contributed by atoms with Crippen LogP contribution in [0.5, 0.6) is 0 Å². The van der Waals surface area contributed by atoms with Crippen molar-refractivity contribution in [3.63, 3.8) is 0 Å². The lowest BCUT2D eigenvalue weighted by Gasteiger charge is -2.10. The van der Waals surface area contributed by atoms with Crippen LogP contribution in [-0.4, -0.2) is 36.8 Å². The maximum Gasteiger partial charge on any atom is 0.234 e. The average Bonchev–Trinajstić information content (AvgIpc) is 2.12. The fraction of sp³-hybridized carbons (Fsp3) is 0.750. The van der Waals surface area contributed by atoms with Gasteiger partial charge in [0.25, 0.3) is 0 Å². The van der Waals surface area contributed by atoms with Crippen LogP contribution < -0.4 is 10.6 Å². The van der Waals surface area contributed by atoms with E-state index in [0.29, 0.717) is 6.42 Å². The van der Waals surface area contributed by atoms with Gasteiger partial charge < -0.3 is 15.7 Å². The second-order valence-electron chi connectivity index (χ2n) is 2.73. The third-order valence-electron chi connectivity index (χ3n) is 1.54. The Morgan fingerprint density at radius 1 is 1.69 bits per heavy atom. The first-order chi connectivity index (χ1) is 6.20. The Hall–Kier alpha value is -1.12. The Balaban J connectivity index is 3.41. The smallest absolute Gasteiger partial charge is 0.234 e. The summed E-state index contributed by atoms with van der Waals surface area (Å²) < 4.78 is 0. The highest BCUT2D eigenvalue weighted by Gasteiger charge is 2.03. The van der Waals surface area contributed by atoms with Crippen molar-refractivity contribution in [1.29, 1.82) is 5.26 Å². The van der Waals surface area contributed by atoms with Gasteiger partial charge in [0.1, 0.15) is 6.54 Å². The number of nitrogens with zero attached hydrogens (tertiary/aromatic N) is 1. The van der Waals surface area contributed by atoms with Gasteiger partial charge in [-0.05, 0) is 13.3 Å². The Morgan fingerprint density at radius 2 is 2.38 bits per heavy atom. The number of aliphatic hydroxyl groups is 1. The first-order valence-electron chi connectivity index (χ1n) is 4.18. The van der Waals surface area contributed by atoms with Gasteiger partial charge in [-0.3, -0.25) is 4.79 Å². The molecule has 0 bridgehead atoms. The van der Waals surface area contributed by atoms with Gasteiger partial charge in [-0.15, -0.1) is 0 Å². The number of hydrogen-bond acceptors (Lipinski definition) is 4. The van der Waals surface area contributed by atoms with E-state index in [9.17, 15) is 4.79 Å². The summed E-state index contributed by atoms with van der Waals surface area (Å²) in [5.41, 5.74) is 0. The third-order valence-corrected chi connectivity index (χ3v) is 1.54. The molecule has 3 N–H and O–H groups in total. The molecule has 0 aliphatic carbocycles. The molecule has 5 nitrogen and oxygen atoms in total. The fourth-order valence-electron chi connectivity index (χ4n) is 0.763. The van der Waals surface area contributed by atoms with Crippen molar-refractivity contribution in [2.45, 2.75) is 19.4 Å². The van der Waals surface area contributed by atoms with Crippen LogP contribution >= 0.6 is 0 Å². The Bertz CT molecular complexity index is 188. The number of hydrogen-bond donors (Lipinski definition) is 3. The molecule has 0 heterocycles. The molecule has 0 fully saturated rings. The van der Waals surface area contributed by atoms with Crippen LogP contribution in [0.3, 0.4) is 0 Å². The quantitative estimate of drug-likeness (QED) is 0.463. The molecule has 0 aromatic carbocycles. The molecule has 0 rings (SSSR count). The lowest BCUT2D eigenvalue weighted by Crippen LogP contribution is -2.38. The Kier molecular flexibility index (Phi) is 6.88. The molecule has 1 unspecified atom stereocenters. The number of amides is 1. The van der Waals surface area contributed by atoms with Crippen LogP contribution in [0.15, 0.2) is 0 Å². The molecule has 0 saturated carbocycles. The van der Waals surface area contributed by atoms with Crippen LogP contribution in [0, 0.1) is 11.3 Å². The van der Waals surface area contributed by atoms with Crippen molar-refractivity contribution >= 4 is 5.91 Å². The number of carbonyl (C=O) groups is 1. The molecule has 5 heteroatoms. The van der Waals surface area contributed by atoms with Gasteiger partial charge in [-0.2, -0.15) is 5.26 Å². The van der Waals surface area contributed by atoms with Crippen LogP contribution in [0.4, 0.5) is 0 Å². The molecule has 0 saturated heterocycles. The summed E-state index contributed by atoms with van der Waals surface area (Å²) in [5, 5.41) is 22.0. The van der Waals surface area contributed by atoms with Crippen molar-refractivity contribution in [1.82, 2.24) is 10.6 Å². The van der Waals surface area contributed by atoms with Crippen molar-refractivity contribution in [3.8, 4) is 6.07 Å². The van der Waals surface area contributed by atoms with Crippen molar-refractivity contribution in [3.05, 3.63) is 0 Å². The number of nitrogens with one attached hydrogen (secondary N) is 2. The number of aliphatic hydroxyl groups excluding tert-OH is 1. The van der Waals surface area contributed by atoms with Gasteiger partial charge in [0, 0.05) is 12.6 Å². The maximum absolute atomic E-state index is 10.9. The highest BCUT2D eigenvalue weighted by atomic mass is 16.3. The summed E-state index contributed by atoms with van der Waals surface area (Å²) in [7, 11) is 0. The summed E-state index contributed by atoms with van der Waals surface area (Å²) in [6.07, 6.45) is 0.617. The Morgan fingerprint density at radius 3 is 2.92 bits per heavy atom. The topological polar surface area (TPSA) is 85.2 Å². The molecule has 0 aromatic rings. The second-order valence-corrected chi connectivity index (χ2v) is 2.73. The highest BCUT2D eigenvalue weighted by molar-refractivity contribution is 5.78. The minimum Gasteiger partial charge on any atom is -0.396 e. The normalized spacial score (nSPS) is 11.8. The first kappa shape index (κ1) is 11.9. The molecule has 1 amide bonds. The molecular weight excluding hydrogens is 170 g/mol. The monoisotopic (exact) mass is 185 g/mol. The molecule has 74 valence electrons. The summed E-state index contributed by atoms with van der Waals surface area (Å²) >= 11 is 0. The molecule has 0 radical (unpaired) electrons. The first-order valence-corrected chi connectivity index (χ1v) is 4.18. The minimum absolute atomic E-state index is 0.0366. The van der Waals surface area contributed by atoms with E-state index in [1.807, 2.05) is 13.0 Å². The predicted octanol–water partition coefficient (Wildman–Crippen LogP) is -1.01. The van der Waals surface area contributed by atoms with Gasteiger partial charge >= 0.3 is 0 Å². The van der Waals surface area contributed by atoms with Gasteiger partial charge in [0.2, 0.25) is 5.91 Å². The molecule has 0 spiro atoms. The van der Waals surface area contributed by atoms with E-state index in [-0.39, 0.29) is 31.6 Å². The maximum atomic E-state index is 10.9. The van der Waals surface area contributed by atoms with E-state index in [4.69, 9.17) is 10.4 Å². The number of nitriles is 1. The zero-order valence-electron chi connectivity index (χ0n) is 7.71. The fourth-order valence-corrected chi connectivity index (χ4v) is 0.763. The second kappa shape index (κ2) is 7.53. The molecular formula is C8H15N3O2. The van der Waals surface area contributed by atoms with Crippen LogP contribution in [0.25, 0.3) is 0 Å². The van der Waals surface area contributed by atoms with Gasteiger partial charge in [0.05, 0.1) is 12.6 Å². The summed E-state index contributed by atoms with van der Waals surface area (Å²) in [4.78, 5) is 10.9. The summed E-state index contributed by atoms with van der Waals surface area (Å²) in [5.74, 6) is -0.202.